The van der Waals surface area contributed by atoms with Crippen molar-refractivity contribution in [1.82, 2.24) is 15.5 Å². The zero-order chi connectivity index (χ0) is 16.6. The number of amides is 2. The monoisotopic (exact) mass is 307 g/mol. The van der Waals surface area contributed by atoms with Crippen LogP contribution >= 0.6 is 0 Å². The fourth-order valence-electron chi connectivity index (χ4n) is 2.29. The number of rotatable bonds is 8. The molecule has 1 aromatic carbocycles. The minimum absolute atomic E-state index is 0.0540. The highest BCUT2D eigenvalue weighted by Gasteiger charge is 2.30. The van der Waals surface area contributed by atoms with Crippen LogP contribution in [0.25, 0.3) is 0 Å². The van der Waals surface area contributed by atoms with Gasteiger partial charge in [-0.25, -0.2) is 4.79 Å². The van der Waals surface area contributed by atoms with Crippen molar-refractivity contribution in [2.45, 2.75) is 19.8 Å². The number of urea groups is 1. The molecule has 0 heterocycles. The summed E-state index contributed by atoms with van der Waals surface area (Å²) in [5.41, 5.74) is 0.813. The molecular formula is C17H29N3O2. The van der Waals surface area contributed by atoms with E-state index < -0.39 is 0 Å². The zero-order valence-corrected chi connectivity index (χ0v) is 14.1. The van der Waals surface area contributed by atoms with E-state index >= 15 is 0 Å². The van der Waals surface area contributed by atoms with E-state index in [9.17, 15) is 9.90 Å². The van der Waals surface area contributed by atoms with Crippen LogP contribution in [0.15, 0.2) is 30.3 Å². The molecule has 1 rings (SSSR count). The molecule has 0 saturated heterocycles. The number of aliphatic hydroxyl groups excluding tert-OH is 1. The summed E-state index contributed by atoms with van der Waals surface area (Å²) in [6, 6.07) is 9.83. The molecule has 3 N–H and O–H groups in total. The summed E-state index contributed by atoms with van der Waals surface area (Å²) in [6.07, 6.45) is 0. The molecule has 0 saturated carbocycles. The molecule has 0 aliphatic heterocycles. The lowest BCUT2D eigenvalue weighted by molar-refractivity contribution is 0.129. The van der Waals surface area contributed by atoms with Crippen LogP contribution < -0.4 is 10.6 Å². The first-order chi connectivity index (χ1) is 10.4. The van der Waals surface area contributed by atoms with Gasteiger partial charge in [0.25, 0.3) is 0 Å². The maximum absolute atomic E-state index is 11.9. The summed E-state index contributed by atoms with van der Waals surface area (Å²) >= 11 is 0. The van der Waals surface area contributed by atoms with Gasteiger partial charge in [-0.1, -0.05) is 44.2 Å². The van der Waals surface area contributed by atoms with Crippen LogP contribution in [0, 0.1) is 5.41 Å². The molecular weight excluding hydrogens is 278 g/mol. The van der Waals surface area contributed by atoms with E-state index in [1.807, 2.05) is 63.2 Å². The summed E-state index contributed by atoms with van der Waals surface area (Å²) in [5.74, 6) is 0.0540. The van der Waals surface area contributed by atoms with Crippen molar-refractivity contribution in [2.75, 3.05) is 40.3 Å². The van der Waals surface area contributed by atoms with Crippen molar-refractivity contribution in [3.63, 3.8) is 0 Å². The van der Waals surface area contributed by atoms with Crippen LogP contribution in [-0.2, 0) is 0 Å². The normalized spacial score (nSPS) is 13.0. The molecule has 5 nitrogen and oxygen atoms in total. The van der Waals surface area contributed by atoms with Crippen LogP contribution in [0.1, 0.15) is 25.3 Å². The molecule has 124 valence electrons. The highest BCUT2D eigenvalue weighted by molar-refractivity contribution is 5.73. The standard InChI is InChI=1S/C17H29N3O2/c1-17(2,13-21)15(14-8-6-5-7-9-14)12-19-16(22)18-10-11-20(3)4/h5-9,15,21H,10-13H2,1-4H3,(H2,18,19,22). The lowest BCUT2D eigenvalue weighted by atomic mass is 9.75. The fraction of sp³-hybridized carbons (Fsp3) is 0.588. The molecule has 1 aromatic rings. The van der Waals surface area contributed by atoms with E-state index in [-0.39, 0.29) is 24.0 Å². The average Bonchev–Trinajstić information content (AvgIpc) is 2.48. The van der Waals surface area contributed by atoms with Gasteiger partial charge < -0.3 is 20.6 Å². The third-order valence-corrected chi connectivity index (χ3v) is 3.86. The Morgan fingerprint density at radius 3 is 2.41 bits per heavy atom. The number of nitrogens with zero attached hydrogens (tertiary/aromatic N) is 1. The van der Waals surface area contributed by atoms with E-state index in [1.54, 1.807) is 0 Å². The van der Waals surface area contributed by atoms with Gasteiger partial charge in [-0.15, -0.1) is 0 Å². The average molecular weight is 307 g/mol. The SMILES string of the molecule is CN(C)CCNC(=O)NCC(c1ccccc1)C(C)(C)CO. The lowest BCUT2D eigenvalue weighted by Gasteiger charge is -2.33. The van der Waals surface area contributed by atoms with Gasteiger partial charge in [0, 0.05) is 32.2 Å². The minimum atomic E-state index is -0.307. The first-order valence-corrected chi connectivity index (χ1v) is 7.69. The summed E-state index contributed by atoms with van der Waals surface area (Å²) in [6.45, 7) is 5.99. The summed E-state index contributed by atoms with van der Waals surface area (Å²) < 4.78 is 0. The van der Waals surface area contributed by atoms with Gasteiger partial charge in [0.15, 0.2) is 0 Å². The Morgan fingerprint density at radius 2 is 1.86 bits per heavy atom. The molecule has 0 bridgehead atoms. The Labute approximate surface area is 133 Å². The maximum Gasteiger partial charge on any atom is 0.314 e. The molecule has 0 aliphatic rings. The summed E-state index contributed by atoms with van der Waals surface area (Å²) in [4.78, 5) is 13.9. The van der Waals surface area contributed by atoms with Gasteiger partial charge in [0.1, 0.15) is 0 Å². The molecule has 5 heteroatoms. The van der Waals surface area contributed by atoms with Gasteiger partial charge in [-0.05, 0) is 25.1 Å². The van der Waals surface area contributed by atoms with Crippen LogP contribution in [0.4, 0.5) is 4.79 Å². The topological polar surface area (TPSA) is 64.6 Å². The number of hydrogen-bond donors (Lipinski definition) is 3. The molecule has 22 heavy (non-hydrogen) atoms. The third-order valence-electron chi connectivity index (χ3n) is 3.86. The highest BCUT2D eigenvalue weighted by Crippen LogP contribution is 2.34. The summed E-state index contributed by atoms with van der Waals surface area (Å²) in [5, 5.41) is 15.4. The summed E-state index contributed by atoms with van der Waals surface area (Å²) in [7, 11) is 3.93. The number of aliphatic hydroxyl groups is 1. The second-order valence-electron chi connectivity index (χ2n) is 6.55. The van der Waals surface area contributed by atoms with E-state index in [4.69, 9.17) is 0 Å². The Morgan fingerprint density at radius 1 is 1.23 bits per heavy atom. The van der Waals surface area contributed by atoms with Crippen LogP contribution in [0.5, 0.6) is 0 Å². The molecule has 0 aliphatic carbocycles. The van der Waals surface area contributed by atoms with E-state index in [2.05, 4.69) is 10.6 Å². The van der Waals surface area contributed by atoms with Gasteiger partial charge in [0.05, 0.1) is 0 Å². The van der Waals surface area contributed by atoms with Crippen LogP contribution in [0.3, 0.4) is 0 Å². The van der Waals surface area contributed by atoms with Gasteiger partial charge >= 0.3 is 6.03 Å². The van der Waals surface area contributed by atoms with Crippen LogP contribution in [0.2, 0.25) is 0 Å². The number of carbonyl (C=O) groups excluding carboxylic acids is 1. The molecule has 0 radical (unpaired) electrons. The predicted molar refractivity (Wildman–Crippen MR) is 90.0 cm³/mol. The quantitative estimate of drug-likeness (QED) is 0.684. The number of likely N-dealkylation sites (N-methyl/N-ethyl adjacent to an activating group) is 1. The third kappa shape index (κ3) is 6.03. The van der Waals surface area contributed by atoms with E-state index in [0.717, 1.165) is 12.1 Å². The molecule has 0 spiro atoms. The highest BCUT2D eigenvalue weighted by atomic mass is 16.3. The first kappa shape index (κ1) is 18.5. The van der Waals surface area contributed by atoms with Crippen LogP contribution in [-0.4, -0.2) is 56.4 Å². The maximum atomic E-state index is 11.9. The smallest absolute Gasteiger partial charge is 0.314 e. The largest absolute Gasteiger partial charge is 0.396 e. The number of nitrogens with one attached hydrogen (secondary N) is 2. The number of hydrogen-bond acceptors (Lipinski definition) is 3. The van der Waals surface area contributed by atoms with Gasteiger partial charge in [0.2, 0.25) is 0 Å². The van der Waals surface area contributed by atoms with Gasteiger partial charge in [-0.3, -0.25) is 0 Å². The zero-order valence-electron chi connectivity index (χ0n) is 14.1. The Balaban J connectivity index is 2.61. The lowest BCUT2D eigenvalue weighted by Crippen LogP contribution is -2.43. The Kier molecular flexibility index (Phi) is 7.35. The van der Waals surface area contributed by atoms with E-state index in [0.29, 0.717) is 13.1 Å². The van der Waals surface area contributed by atoms with Gasteiger partial charge in [-0.2, -0.15) is 0 Å². The fourth-order valence-corrected chi connectivity index (χ4v) is 2.29. The molecule has 2 amide bonds. The molecule has 0 aromatic heterocycles. The van der Waals surface area contributed by atoms with Crippen molar-refractivity contribution in [3.05, 3.63) is 35.9 Å². The molecule has 0 fully saturated rings. The Hall–Kier alpha value is -1.59. The van der Waals surface area contributed by atoms with Crippen molar-refractivity contribution >= 4 is 6.03 Å². The number of benzene rings is 1. The first-order valence-electron chi connectivity index (χ1n) is 7.69. The van der Waals surface area contributed by atoms with Crippen molar-refractivity contribution in [2.24, 2.45) is 5.41 Å². The van der Waals surface area contributed by atoms with Crippen molar-refractivity contribution in [3.8, 4) is 0 Å². The van der Waals surface area contributed by atoms with E-state index in [1.165, 1.54) is 0 Å². The Bertz CT molecular complexity index is 446. The second-order valence-corrected chi connectivity index (χ2v) is 6.55. The minimum Gasteiger partial charge on any atom is -0.396 e. The second kappa shape index (κ2) is 8.76. The molecule has 1 atom stereocenters. The predicted octanol–water partition coefficient (Wildman–Crippen LogP) is 1.65. The number of carbonyl (C=O) groups is 1. The van der Waals surface area contributed by atoms with Crippen molar-refractivity contribution < 1.29 is 9.90 Å². The van der Waals surface area contributed by atoms with Crippen molar-refractivity contribution in [1.29, 1.82) is 0 Å². The molecule has 1 unspecified atom stereocenters.